The first-order chi connectivity index (χ1) is 40.2. The molecule has 86 heavy (non-hydrogen) atoms. The molecule has 10 rings (SSSR count). The number of benzene rings is 8. The molecule has 0 aliphatic heterocycles. The molecule has 0 spiro atoms. The topological polar surface area (TPSA) is 86.0 Å². The smallest absolute Gasteiger partial charge is 0.262 e. The van der Waals surface area contributed by atoms with Gasteiger partial charge in [-0.05, 0) is 114 Å². The van der Waals surface area contributed by atoms with Crippen LogP contribution in [0.5, 0.6) is 23.0 Å². The number of aromatic nitrogens is 2. The van der Waals surface area contributed by atoms with Crippen molar-refractivity contribution in [1.82, 2.24) is 9.13 Å². The first-order valence-corrected chi connectivity index (χ1v) is 30.9. The summed E-state index contributed by atoms with van der Waals surface area (Å²) < 4.78 is 38.5. The molecule has 8 aromatic carbocycles. The monoisotopic (exact) mass is 1330 g/mol. The van der Waals surface area contributed by atoms with Crippen LogP contribution in [0.2, 0.25) is 0 Å². The zero-order chi connectivity index (χ0) is 58.7. The molecule has 0 aliphatic rings. The van der Waals surface area contributed by atoms with E-state index in [1.54, 1.807) is 6.07 Å². The maximum Gasteiger partial charge on any atom is 0.262 e. The van der Waals surface area contributed by atoms with Gasteiger partial charge >= 0.3 is 0 Å². The minimum Gasteiger partial charge on any atom is -0.593 e. The quantitative estimate of drug-likeness (QED) is 0.0259. The summed E-state index contributed by atoms with van der Waals surface area (Å²) >= 11 is 0. The van der Waals surface area contributed by atoms with Crippen LogP contribution in [-0.2, 0) is 36.7 Å². The Bertz CT molecular complexity index is 3710. The van der Waals surface area contributed by atoms with Crippen LogP contribution < -0.4 is 0 Å². The number of hydrogen-bond acceptors (Lipinski definition) is 2. The molecule has 0 unspecified atom stereocenters. The Labute approximate surface area is 531 Å². The Morgan fingerprint density at radius 2 is 0.767 bits per heavy atom. The molecule has 0 amide bonds. The Morgan fingerprint density at radius 1 is 0.419 bits per heavy atom. The number of fused-ring (bicyclic) bond motifs is 6. The molecule has 0 saturated heterocycles. The van der Waals surface area contributed by atoms with Gasteiger partial charge in [0.2, 0.25) is 0 Å². The van der Waals surface area contributed by atoms with Crippen LogP contribution in [-0.4, -0.2) is 35.8 Å². The number of para-hydroxylation sites is 4. The van der Waals surface area contributed by atoms with E-state index in [1.807, 2.05) is 42.5 Å². The van der Waals surface area contributed by atoms with Crippen molar-refractivity contribution in [3.05, 3.63) is 195 Å². The average molecular weight is 1330 g/mol. The molecule has 0 radical (unpaired) electrons. The molecule has 454 valence electrons. The number of nitrogens with zero attached hydrogens (tertiary/aromatic N) is 2. The van der Waals surface area contributed by atoms with Crippen molar-refractivity contribution in [3.8, 4) is 56.6 Å². The second-order valence-corrected chi connectivity index (χ2v) is 24.3. The number of unbranched alkanes of at least 4 members (excludes halogenated alkanes) is 12. The number of aromatic hydroxyl groups is 3. The fraction of sp³-hybridized carbons (Fsp3) is 0.351. The van der Waals surface area contributed by atoms with Gasteiger partial charge in [0.25, 0.3) is 11.5 Å². The van der Waals surface area contributed by atoms with E-state index in [1.165, 1.54) is 94.5 Å². The number of halogens is 2. The van der Waals surface area contributed by atoms with Crippen LogP contribution in [0, 0.1) is 26.5 Å². The molecule has 0 bridgehead atoms. The molecule has 6 nitrogen and oxygen atoms in total. The van der Waals surface area contributed by atoms with Crippen LogP contribution in [0.3, 0.4) is 0 Å². The van der Waals surface area contributed by atoms with E-state index in [0.29, 0.717) is 40.2 Å². The molecular weight excluding hydrogens is 1230 g/mol. The second kappa shape index (κ2) is 31.3. The molecule has 0 atom stereocenters. The third-order valence-corrected chi connectivity index (χ3v) is 17.3. The van der Waals surface area contributed by atoms with Crippen molar-refractivity contribution in [2.45, 2.75) is 168 Å². The molecule has 0 fully saturated rings. The zero-order valence-corrected chi connectivity index (χ0v) is 56.3. The van der Waals surface area contributed by atoms with Gasteiger partial charge in [0.05, 0.1) is 44.6 Å². The Hall–Kier alpha value is -6.71. The summed E-state index contributed by atoms with van der Waals surface area (Å²) in [6.07, 6.45) is 20.1. The summed E-state index contributed by atoms with van der Waals surface area (Å²) in [4.78, 5) is 0. The van der Waals surface area contributed by atoms with Gasteiger partial charge in [-0.2, -0.15) is 0 Å². The van der Waals surface area contributed by atoms with Gasteiger partial charge < -0.3 is 44.0 Å². The van der Waals surface area contributed by atoms with Crippen molar-refractivity contribution in [3.63, 3.8) is 0 Å². The predicted molar refractivity (Wildman–Crippen MR) is 360 cm³/mol. The molecule has 0 saturated carbocycles. The van der Waals surface area contributed by atoms with Gasteiger partial charge in [-0.1, -0.05) is 205 Å². The first kappa shape index (κ1) is 68.4. The number of phenolic OH excluding ortho intramolecular Hbond substituents is 2. The summed E-state index contributed by atoms with van der Waals surface area (Å²) in [5.41, 5.74) is 9.47. The summed E-state index contributed by atoms with van der Waals surface area (Å²) in [5.74, 6) is 0.353. The van der Waals surface area contributed by atoms with E-state index in [9.17, 15) is 19.0 Å². The van der Waals surface area contributed by atoms with E-state index in [-0.39, 0.29) is 74.6 Å². The fourth-order valence-corrected chi connectivity index (χ4v) is 12.3. The van der Waals surface area contributed by atoms with Gasteiger partial charge in [-0.25, -0.2) is 8.78 Å². The van der Waals surface area contributed by atoms with Gasteiger partial charge in [-0.3, -0.25) is 0 Å². The number of rotatable bonds is 25. The molecule has 2 heterocycles. The Morgan fingerprint density at radius 3 is 1.19 bits per heavy atom. The van der Waals surface area contributed by atoms with E-state index in [4.69, 9.17) is 9.84 Å². The zero-order valence-electron chi connectivity index (χ0n) is 52.7. The summed E-state index contributed by atoms with van der Waals surface area (Å²) in [7, 11) is 0. The molecule has 9 heteroatoms. The van der Waals surface area contributed by atoms with Crippen molar-refractivity contribution >= 4 is 43.6 Å². The van der Waals surface area contributed by atoms with E-state index in [0.717, 1.165) is 105 Å². The SMILES string of the molecule is CCCCCCCCC(C)(C)c1cc(-c2cc(F)ccc2[OH+]CCCCC)c(O)c(-n2c3ccccc3c3ccccc32)c1.CCCCCCCCC(C)(C)c1cc(-c2cc(F)ccc2[OH2+])c(O)c(-n2c3ccccc3c3ccccc32)c1.[CH3-].[CH3-].[Hf]. The van der Waals surface area contributed by atoms with Crippen LogP contribution in [0.25, 0.3) is 77.2 Å². The first-order valence-electron chi connectivity index (χ1n) is 30.9. The maximum absolute atomic E-state index is 14.9. The van der Waals surface area contributed by atoms with Crippen molar-refractivity contribution in [2.24, 2.45) is 0 Å². The van der Waals surface area contributed by atoms with Crippen LogP contribution >= 0.6 is 0 Å². The minimum atomic E-state index is -0.421. The fourth-order valence-electron chi connectivity index (χ4n) is 12.3. The normalized spacial score (nSPS) is 11.5. The number of ether oxygens (including phenoxy) is 1. The van der Waals surface area contributed by atoms with E-state index in [2.05, 4.69) is 136 Å². The van der Waals surface area contributed by atoms with Crippen molar-refractivity contribution in [2.75, 3.05) is 6.61 Å². The predicted octanol–water partition coefficient (Wildman–Crippen LogP) is 22.4. The summed E-state index contributed by atoms with van der Waals surface area (Å²) in [6, 6.07) is 50.3. The molecule has 5 N–H and O–H groups in total. The van der Waals surface area contributed by atoms with Gasteiger partial charge in [-0.15, -0.1) is 0 Å². The van der Waals surface area contributed by atoms with Gasteiger partial charge in [0.15, 0.2) is 6.61 Å². The Kier molecular flexibility index (Phi) is 24.9. The van der Waals surface area contributed by atoms with Gasteiger partial charge in [0.1, 0.15) is 23.1 Å². The average Bonchev–Trinajstić information content (AvgIpc) is 2.88. The van der Waals surface area contributed by atoms with E-state index < -0.39 is 5.82 Å². The largest absolute Gasteiger partial charge is 0.593 e. The number of phenols is 2. The maximum atomic E-state index is 14.9. The van der Waals surface area contributed by atoms with E-state index >= 15 is 0 Å². The van der Waals surface area contributed by atoms with Crippen LogP contribution in [0.4, 0.5) is 8.78 Å². The molecule has 0 aliphatic carbocycles. The standard InChI is InChI=1S/C40H48FNO2.C35H38FNO2.2CH3.Hf/c1-5-7-9-10-11-16-24-40(3,4)29-26-34(33-28-30(41)22-23-38(33)44-25-17-8-6-2)39(43)37(27-29)42-35-20-14-12-18-31(35)32-19-13-15-21-36(32)42;1-4-5-6-7-8-13-20-35(2,3)24-21-29(28-23-25(36)18-19-33(28)38)34(39)32(22-24)37-30-16-11-9-14-26(30)27-15-10-12-17-31(27)37;;;/h12-15,18-23,26-28,43H,5-11,16-17,24-25H2,1-4H3;9-12,14-19,21-23,38-39H,4-8,13,20H2,1-3H3;2*1H3;/q;;2*-1;/p+2. The summed E-state index contributed by atoms with van der Waals surface area (Å²) in [6.45, 7) is 16.4. The van der Waals surface area contributed by atoms with Crippen molar-refractivity contribution in [1.29, 1.82) is 0 Å². The number of hydrogen-bond donors (Lipinski definition) is 2. The van der Waals surface area contributed by atoms with Gasteiger partial charge in [0, 0.05) is 77.1 Å². The number of aliphatic hydroxyl groups is 1. The Balaban J connectivity index is 0.000000268. The van der Waals surface area contributed by atoms with Crippen molar-refractivity contribution < 1.29 is 54.7 Å². The third-order valence-electron chi connectivity index (χ3n) is 17.3. The second-order valence-electron chi connectivity index (χ2n) is 24.3. The molecule has 10 aromatic rings. The minimum absolute atomic E-state index is 0. The van der Waals surface area contributed by atoms with Crippen LogP contribution in [0.15, 0.2) is 158 Å². The summed E-state index contributed by atoms with van der Waals surface area (Å²) in [5, 5.41) is 37.0. The third kappa shape index (κ3) is 15.3. The molecular formula is C77H94F2HfN2O4. The molecule has 2 aromatic heterocycles. The van der Waals surface area contributed by atoms with Crippen LogP contribution in [0.1, 0.15) is 169 Å².